The van der Waals surface area contributed by atoms with Crippen molar-refractivity contribution in [2.45, 2.75) is 52.4 Å². The van der Waals surface area contributed by atoms with E-state index in [-0.39, 0.29) is 5.91 Å². The minimum Gasteiger partial charge on any atom is -0.355 e. The van der Waals surface area contributed by atoms with Crippen LogP contribution in [0.25, 0.3) is 0 Å². The molecule has 0 aliphatic heterocycles. The van der Waals surface area contributed by atoms with Gasteiger partial charge in [-0.3, -0.25) is 4.79 Å². The maximum atomic E-state index is 11.4. The van der Waals surface area contributed by atoms with Gasteiger partial charge in [-0.1, -0.05) is 26.7 Å². The SMILES string of the molecule is CCCCNC(=O)CNCC1(CCC)CC1. The van der Waals surface area contributed by atoms with Gasteiger partial charge in [0.25, 0.3) is 0 Å². The van der Waals surface area contributed by atoms with E-state index < -0.39 is 0 Å². The normalized spacial score (nSPS) is 17.1. The third-order valence-corrected chi connectivity index (χ3v) is 3.38. The van der Waals surface area contributed by atoms with E-state index in [1.807, 2.05) is 0 Å². The van der Waals surface area contributed by atoms with E-state index in [0.717, 1.165) is 25.9 Å². The van der Waals surface area contributed by atoms with Gasteiger partial charge in [0.2, 0.25) is 5.91 Å². The molecule has 0 radical (unpaired) electrons. The number of hydrogen-bond donors (Lipinski definition) is 2. The topological polar surface area (TPSA) is 41.1 Å². The van der Waals surface area contributed by atoms with Crippen LogP contribution in [0.4, 0.5) is 0 Å². The van der Waals surface area contributed by atoms with Crippen molar-refractivity contribution in [2.24, 2.45) is 5.41 Å². The van der Waals surface area contributed by atoms with E-state index in [1.165, 1.54) is 25.7 Å². The average molecular weight is 226 g/mol. The molecule has 1 aliphatic carbocycles. The minimum atomic E-state index is 0.140. The molecular weight excluding hydrogens is 200 g/mol. The summed E-state index contributed by atoms with van der Waals surface area (Å²) < 4.78 is 0. The highest BCUT2D eigenvalue weighted by molar-refractivity contribution is 5.77. The first-order valence-corrected chi connectivity index (χ1v) is 6.70. The van der Waals surface area contributed by atoms with Crippen LogP contribution in [0.2, 0.25) is 0 Å². The van der Waals surface area contributed by atoms with Crippen LogP contribution in [0.3, 0.4) is 0 Å². The van der Waals surface area contributed by atoms with Gasteiger partial charge in [0.1, 0.15) is 0 Å². The number of rotatable bonds is 9. The Morgan fingerprint density at radius 3 is 2.56 bits per heavy atom. The molecule has 2 N–H and O–H groups in total. The number of amides is 1. The van der Waals surface area contributed by atoms with Crippen molar-refractivity contribution < 1.29 is 4.79 Å². The molecule has 0 aromatic carbocycles. The molecule has 0 unspecified atom stereocenters. The highest BCUT2D eigenvalue weighted by Crippen LogP contribution is 2.48. The summed E-state index contributed by atoms with van der Waals surface area (Å²) in [6, 6.07) is 0. The van der Waals surface area contributed by atoms with Crippen molar-refractivity contribution in [3.63, 3.8) is 0 Å². The lowest BCUT2D eigenvalue weighted by atomic mass is 10.0. The molecule has 0 bridgehead atoms. The van der Waals surface area contributed by atoms with E-state index in [0.29, 0.717) is 12.0 Å². The summed E-state index contributed by atoms with van der Waals surface area (Å²) in [4.78, 5) is 11.4. The lowest BCUT2D eigenvalue weighted by Crippen LogP contribution is -2.36. The van der Waals surface area contributed by atoms with Crippen LogP contribution >= 0.6 is 0 Å². The Hall–Kier alpha value is -0.570. The van der Waals surface area contributed by atoms with Crippen molar-refractivity contribution >= 4 is 5.91 Å². The quantitative estimate of drug-likeness (QED) is 0.591. The zero-order valence-corrected chi connectivity index (χ0v) is 10.8. The maximum Gasteiger partial charge on any atom is 0.233 e. The first-order chi connectivity index (χ1) is 7.72. The number of hydrogen-bond acceptors (Lipinski definition) is 2. The second-order valence-electron chi connectivity index (χ2n) is 5.06. The molecule has 0 aromatic heterocycles. The van der Waals surface area contributed by atoms with Crippen LogP contribution in [0.5, 0.6) is 0 Å². The van der Waals surface area contributed by atoms with Crippen molar-refractivity contribution in [3.8, 4) is 0 Å². The van der Waals surface area contributed by atoms with Crippen LogP contribution in [0.15, 0.2) is 0 Å². The van der Waals surface area contributed by atoms with Crippen LogP contribution in [-0.2, 0) is 4.79 Å². The molecule has 1 saturated carbocycles. The number of carbonyl (C=O) groups excluding carboxylic acids is 1. The van der Waals surface area contributed by atoms with E-state index in [9.17, 15) is 4.79 Å². The smallest absolute Gasteiger partial charge is 0.233 e. The molecule has 3 nitrogen and oxygen atoms in total. The van der Waals surface area contributed by atoms with E-state index in [1.54, 1.807) is 0 Å². The zero-order chi connectivity index (χ0) is 11.9. The standard InChI is InChI=1S/C13H26N2O/c1-3-5-9-15-12(16)10-14-11-13(6-4-2)7-8-13/h14H,3-11H2,1-2H3,(H,15,16). The molecule has 0 spiro atoms. The Labute approximate surface area is 99.4 Å². The van der Waals surface area contributed by atoms with Crippen LogP contribution in [0, 0.1) is 5.41 Å². The minimum absolute atomic E-state index is 0.140. The molecule has 1 aliphatic rings. The summed E-state index contributed by atoms with van der Waals surface area (Å²) in [5.74, 6) is 0.140. The van der Waals surface area contributed by atoms with Gasteiger partial charge in [0, 0.05) is 13.1 Å². The van der Waals surface area contributed by atoms with Crippen molar-refractivity contribution in [1.29, 1.82) is 0 Å². The fourth-order valence-electron chi connectivity index (χ4n) is 2.13. The summed E-state index contributed by atoms with van der Waals surface area (Å²) in [6.07, 6.45) is 7.44. The fourth-order valence-corrected chi connectivity index (χ4v) is 2.13. The predicted molar refractivity (Wildman–Crippen MR) is 67.4 cm³/mol. The van der Waals surface area contributed by atoms with Gasteiger partial charge >= 0.3 is 0 Å². The number of carbonyl (C=O) groups is 1. The molecule has 1 amide bonds. The van der Waals surface area contributed by atoms with Crippen molar-refractivity contribution in [2.75, 3.05) is 19.6 Å². The van der Waals surface area contributed by atoms with Crippen molar-refractivity contribution in [3.05, 3.63) is 0 Å². The Kier molecular flexibility index (Phi) is 5.81. The van der Waals surface area contributed by atoms with Gasteiger partial charge in [-0.25, -0.2) is 0 Å². The number of nitrogens with one attached hydrogen (secondary N) is 2. The van der Waals surface area contributed by atoms with Crippen LogP contribution in [0.1, 0.15) is 52.4 Å². The lowest BCUT2D eigenvalue weighted by Gasteiger charge is -2.14. The highest BCUT2D eigenvalue weighted by atomic mass is 16.1. The molecule has 1 fully saturated rings. The Balaban J connectivity index is 2.00. The molecule has 0 atom stereocenters. The molecule has 1 rings (SSSR count). The lowest BCUT2D eigenvalue weighted by molar-refractivity contribution is -0.120. The van der Waals surface area contributed by atoms with E-state index in [2.05, 4.69) is 24.5 Å². The third kappa shape index (κ3) is 4.97. The highest BCUT2D eigenvalue weighted by Gasteiger charge is 2.40. The first kappa shape index (κ1) is 13.5. The van der Waals surface area contributed by atoms with Gasteiger partial charge in [-0.05, 0) is 31.1 Å². The maximum absolute atomic E-state index is 11.4. The first-order valence-electron chi connectivity index (χ1n) is 6.70. The largest absolute Gasteiger partial charge is 0.355 e. The third-order valence-electron chi connectivity index (χ3n) is 3.38. The Morgan fingerprint density at radius 1 is 1.25 bits per heavy atom. The van der Waals surface area contributed by atoms with Gasteiger partial charge < -0.3 is 10.6 Å². The molecular formula is C13H26N2O. The van der Waals surface area contributed by atoms with Crippen LogP contribution < -0.4 is 10.6 Å². The van der Waals surface area contributed by atoms with Gasteiger partial charge in [0.15, 0.2) is 0 Å². The van der Waals surface area contributed by atoms with Gasteiger partial charge in [0.05, 0.1) is 6.54 Å². The summed E-state index contributed by atoms with van der Waals surface area (Å²) >= 11 is 0. The molecule has 94 valence electrons. The second kappa shape index (κ2) is 6.89. The van der Waals surface area contributed by atoms with Gasteiger partial charge in [-0.15, -0.1) is 0 Å². The monoisotopic (exact) mass is 226 g/mol. The average Bonchev–Trinajstić information content (AvgIpc) is 2.99. The Bertz CT molecular complexity index is 212. The van der Waals surface area contributed by atoms with E-state index >= 15 is 0 Å². The van der Waals surface area contributed by atoms with Crippen molar-refractivity contribution in [1.82, 2.24) is 10.6 Å². The number of unbranched alkanes of at least 4 members (excludes halogenated alkanes) is 1. The molecule has 0 heterocycles. The molecule has 16 heavy (non-hydrogen) atoms. The van der Waals surface area contributed by atoms with Gasteiger partial charge in [-0.2, -0.15) is 0 Å². The predicted octanol–water partition coefficient (Wildman–Crippen LogP) is 2.07. The van der Waals surface area contributed by atoms with Crippen LogP contribution in [-0.4, -0.2) is 25.5 Å². The second-order valence-corrected chi connectivity index (χ2v) is 5.06. The Morgan fingerprint density at radius 2 is 2.00 bits per heavy atom. The summed E-state index contributed by atoms with van der Waals surface area (Å²) in [5.41, 5.74) is 0.540. The van der Waals surface area contributed by atoms with E-state index in [4.69, 9.17) is 0 Å². The zero-order valence-electron chi connectivity index (χ0n) is 10.8. The summed E-state index contributed by atoms with van der Waals surface area (Å²) in [5, 5.41) is 6.21. The molecule has 3 heteroatoms. The summed E-state index contributed by atoms with van der Waals surface area (Å²) in [6.45, 7) is 6.68. The molecule has 0 saturated heterocycles. The fraction of sp³-hybridized carbons (Fsp3) is 0.923. The summed E-state index contributed by atoms with van der Waals surface area (Å²) in [7, 11) is 0. The molecule has 0 aromatic rings.